The van der Waals surface area contributed by atoms with Crippen LogP contribution in [-0.4, -0.2) is 41.3 Å². The molecule has 1 spiro atoms. The molecule has 0 aromatic heterocycles. The maximum atomic E-state index is 12.4. The molecule has 2 bridgehead atoms. The van der Waals surface area contributed by atoms with Crippen molar-refractivity contribution in [2.45, 2.75) is 131 Å². The number of hydrogen-bond acceptors (Lipinski definition) is 4. The first-order valence-electron chi connectivity index (χ1n) is 15.4. The molecule has 1 aliphatic heterocycles. The van der Waals surface area contributed by atoms with Gasteiger partial charge in [0.05, 0.1) is 17.6 Å². The van der Waals surface area contributed by atoms with Gasteiger partial charge in [-0.1, -0.05) is 34.6 Å². The maximum absolute atomic E-state index is 12.4. The Labute approximate surface area is 224 Å². The Morgan fingerprint density at radius 1 is 0.919 bits per heavy atom. The van der Waals surface area contributed by atoms with Crippen molar-refractivity contribution in [3.8, 4) is 0 Å². The van der Waals surface area contributed by atoms with E-state index in [4.69, 9.17) is 9.47 Å². The summed E-state index contributed by atoms with van der Waals surface area (Å²) in [6, 6.07) is 0. The molecule has 210 valence electrons. The third-order valence-electron chi connectivity index (χ3n) is 14.8. The minimum Gasteiger partial charge on any atom is -0.481 e. The topological polar surface area (TPSA) is 76.0 Å². The van der Waals surface area contributed by atoms with Gasteiger partial charge in [-0.25, -0.2) is 0 Å². The molecule has 13 atom stereocenters. The van der Waals surface area contributed by atoms with Crippen molar-refractivity contribution in [1.29, 1.82) is 0 Å². The summed E-state index contributed by atoms with van der Waals surface area (Å²) in [5.74, 6) is 1.12. The largest absolute Gasteiger partial charge is 0.481 e. The highest BCUT2D eigenvalue weighted by molar-refractivity contribution is 5.74. The zero-order valence-corrected chi connectivity index (χ0v) is 24.4. The number of ether oxygens (including phenoxy) is 2. The summed E-state index contributed by atoms with van der Waals surface area (Å²) in [7, 11) is 0. The molecule has 6 rings (SSSR count). The molecular formula is C32H52O5. The van der Waals surface area contributed by atoms with E-state index in [1.165, 1.54) is 19.3 Å². The van der Waals surface area contributed by atoms with Gasteiger partial charge in [0.2, 0.25) is 0 Å². The molecule has 6 fully saturated rings. The van der Waals surface area contributed by atoms with Gasteiger partial charge in [-0.05, 0) is 123 Å². The summed E-state index contributed by atoms with van der Waals surface area (Å²) in [6.07, 6.45) is 9.86. The third-order valence-corrected chi connectivity index (χ3v) is 14.8. The van der Waals surface area contributed by atoms with E-state index in [-0.39, 0.29) is 39.5 Å². The Hall–Kier alpha value is -0.650. The van der Waals surface area contributed by atoms with Crippen LogP contribution in [0.15, 0.2) is 0 Å². The molecule has 1 saturated heterocycles. The van der Waals surface area contributed by atoms with Crippen molar-refractivity contribution in [3.05, 3.63) is 0 Å². The minimum absolute atomic E-state index is 0.00877. The molecule has 0 amide bonds. The summed E-state index contributed by atoms with van der Waals surface area (Å²) in [4.78, 5) is 12.4. The second-order valence-electron chi connectivity index (χ2n) is 15.9. The van der Waals surface area contributed by atoms with Gasteiger partial charge in [0.15, 0.2) is 6.29 Å². The van der Waals surface area contributed by atoms with E-state index < -0.39 is 17.5 Å². The van der Waals surface area contributed by atoms with E-state index in [9.17, 15) is 15.0 Å². The second-order valence-corrected chi connectivity index (χ2v) is 15.9. The second kappa shape index (κ2) is 7.97. The van der Waals surface area contributed by atoms with Crippen molar-refractivity contribution in [2.24, 2.45) is 56.2 Å². The summed E-state index contributed by atoms with van der Waals surface area (Å²) < 4.78 is 12.8. The number of hydrogen-bond donors (Lipinski definition) is 2. The zero-order chi connectivity index (χ0) is 26.8. The number of carboxylic acids is 1. The number of rotatable bonds is 3. The number of aliphatic hydroxyl groups is 1. The molecule has 2 N–H and O–H groups in total. The van der Waals surface area contributed by atoms with Crippen molar-refractivity contribution in [3.63, 3.8) is 0 Å². The van der Waals surface area contributed by atoms with Crippen LogP contribution in [0, 0.1) is 56.2 Å². The van der Waals surface area contributed by atoms with Gasteiger partial charge >= 0.3 is 5.97 Å². The highest BCUT2D eigenvalue weighted by Crippen LogP contribution is 2.79. The van der Waals surface area contributed by atoms with E-state index in [1.54, 1.807) is 0 Å². The van der Waals surface area contributed by atoms with Crippen LogP contribution in [0.5, 0.6) is 0 Å². The van der Waals surface area contributed by atoms with Gasteiger partial charge in [0, 0.05) is 12.0 Å². The van der Waals surface area contributed by atoms with Gasteiger partial charge in [-0.15, -0.1) is 0 Å². The lowest BCUT2D eigenvalue weighted by atomic mass is 9.30. The zero-order valence-electron chi connectivity index (χ0n) is 24.4. The van der Waals surface area contributed by atoms with Crippen LogP contribution in [0.3, 0.4) is 0 Å². The summed E-state index contributed by atoms with van der Waals surface area (Å²) >= 11 is 0. The molecule has 1 unspecified atom stereocenters. The fourth-order valence-corrected chi connectivity index (χ4v) is 12.3. The van der Waals surface area contributed by atoms with Crippen molar-refractivity contribution in [1.82, 2.24) is 0 Å². The standard InChI is InChI=1S/C32H52O5/c1-8-36-26-32-10-9-21-29(5,22(32)17-20(33)24(37-26)19(32)2)14-16-31(7)23-18-28(4,25(34)35)12-11-27(23,3)13-15-30(21,31)6/h19-24,26,33H,8-18H2,1-7H3,(H,34,35)/t19-,20+,21-,22-,23+,24?,26+,27+,28+,29+,30+,31-,32+/m0/s1. The highest BCUT2D eigenvalue weighted by atomic mass is 16.7. The Balaban J connectivity index is 1.40. The van der Waals surface area contributed by atoms with E-state index in [1.807, 2.05) is 6.92 Å². The fraction of sp³-hybridized carbons (Fsp3) is 0.969. The Kier molecular flexibility index (Phi) is 5.72. The summed E-state index contributed by atoms with van der Waals surface area (Å²) in [5, 5.41) is 21.5. The van der Waals surface area contributed by atoms with E-state index >= 15 is 0 Å². The molecule has 5 heteroatoms. The Morgan fingerprint density at radius 2 is 1.57 bits per heavy atom. The molecule has 1 heterocycles. The van der Waals surface area contributed by atoms with E-state index in [0.29, 0.717) is 30.3 Å². The van der Waals surface area contributed by atoms with Crippen LogP contribution < -0.4 is 0 Å². The first-order chi connectivity index (χ1) is 17.2. The van der Waals surface area contributed by atoms with Crippen LogP contribution in [0.25, 0.3) is 0 Å². The molecule has 5 nitrogen and oxygen atoms in total. The predicted molar refractivity (Wildman–Crippen MR) is 143 cm³/mol. The number of aliphatic hydroxyl groups excluding tert-OH is 1. The van der Waals surface area contributed by atoms with Crippen LogP contribution in [0.1, 0.15) is 113 Å². The quantitative estimate of drug-likeness (QED) is 0.438. The summed E-state index contributed by atoms with van der Waals surface area (Å²) in [5.41, 5.74) is 0.0773. The molecule has 5 saturated carbocycles. The average molecular weight is 517 g/mol. The SMILES string of the molecule is CCO[C@@H]1OC2[C@H](O)C[C@H]3[C@]4(C)CC[C@@]5(C)[C@@H]6C[C@](C)(C(=O)O)CC[C@]6(C)CC[C@]5(C)[C@H]4CC[C@]13[C@H]2C. The van der Waals surface area contributed by atoms with Crippen LogP contribution in [0.4, 0.5) is 0 Å². The molecular weight excluding hydrogens is 464 g/mol. The van der Waals surface area contributed by atoms with Crippen LogP contribution >= 0.6 is 0 Å². The fourth-order valence-electron chi connectivity index (χ4n) is 12.3. The first kappa shape index (κ1) is 26.6. The van der Waals surface area contributed by atoms with Crippen LogP contribution in [-0.2, 0) is 14.3 Å². The van der Waals surface area contributed by atoms with Gasteiger partial charge in [-0.3, -0.25) is 4.79 Å². The summed E-state index contributed by atoms with van der Waals surface area (Å²) in [6.45, 7) is 17.2. The molecule has 0 aromatic carbocycles. The smallest absolute Gasteiger partial charge is 0.309 e. The number of carboxylic acid groups (broad SMARTS) is 1. The lowest BCUT2D eigenvalue weighted by Gasteiger charge is -2.74. The molecule has 0 aromatic rings. The lowest BCUT2D eigenvalue weighted by Crippen LogP contribution is -2.69. The third kappa shape index (κ3) is 3.06. The molecule has 37 heavy (non-hydrogen) atoms. The Morgan fingerprint density at radius 3 is 2.24 bits per heavy atom. The molecule has 6 aliphatic rings. The van der Waals surface area contributed by atoms with Gasteiger partial charge < -0.3 is 19.7 Å². The van der Waals surface area contributed by atoms with Crippen molar-refractivity contribution < 1.29 is 24.5 Å². The minimum atomic E-state index is -0.605. The van der Waals surface area contributed by atoms with Gasteiger partial charge in [0.25, 0.3) is 0 Å². The average Bonchev–Trinajstić information content (AvgIpc) is 3.02. The Bertz CT molecular complexity index is 967. The van der Waals surface area contributed by atoms with Gasteiger partial charge in [-0.2, -0.15) is 0 Å². The molecule has 5 aliphatic carbocycles. The van der Waals surface area contributed by atoms with Crippen molar-refractivity contribution in [2.75, 3.05) is 6.61 Å². The van der Waals surface area contributed by atoms with Crippen molar-refractivity contribution >= 4 is 5.97 Å². The normalized spacial score (nSPS) is 60.6. The monoisotopic (exact) mass is 516 g/mol. The van der Waals surface area contributed by atoms with E-state index in [0.717, 1.165) is 44.9 Å². The van der Waals surface area contributed by atoms with Crippen LogP contribution in [0.2, 0.25) is 0 Å². The number of aliphatic carboxylic acids is 1. The highest BCUT2D eigenvalue weighted by Gasteiger charge is 2.75. The number of carbonyl (C=O) groups is 1. The maximum Gasteiger partial charge on any atom is 0.309 e. The van der Waals surface area contributed by atoms with Gasteiger partial charge in [0.1, 0.15) is 0 Å². The number of fused-ring (bicyclic) bond motifs is 7. The van der Waals surface area contributed by atoms with E-state index in [2.05, 4.69) is 41.5 Å². The molecule has 0 radical (unpaired) electrons. The first-order valence-corrected chi connectivity index (χ1v) is 15.4. The lowest BCUT2D eigenvalue weighted by molar-refractivity contribution is -0.276. The predicted octanol–water partition coefficient (Wildman–Crippen LogP) is 6.66.